The van der Waals surface area contributed by atoms with Gasteiger partial charge in [-0.15, -0.1) is 0 Å². The smallest absolute Gasteiger partial charge is 0.422 e. The second-order valence-corrected chi connectivity index (χ2v) is 12.0. The minimum absolute atomic E-state index is 0.0185. The van der Waals surface area contributed by atoms with E-state index >= 15 is 0 Å². The summed E-state index contributed by atoms with van der Waals surface area (Å²) < 4.78 is 95.5. The lowest BCUT2D eigenvalue weighted by Crippen LogP contribution is -2.58. The fraction of sp³-hybridized carbons (Fsp3) is 0.429. The molecule has 1 fully saturated rings. The van der Waals surface area contributed by atoms with Crippen LogP contribution in [-0.4, -0.2) is 72.6 Å². The summed E-state index contributed by atoms with van der Waals surface area (Å²) in [6, 6.07) is 9.37. The van der Waals surface area contributed by atoms with Crippen molar-refractivity contribution >= 4 is 25.1 Å². The van der Waals surface area contributed by atoms with E-state index in [1.807, 2.05) is 4.90 Å². The van der Waals surface area contributed by atoms with Gasteiger partial charge in [-0.2, -0.15) is 26.3 Å². The number of hydrogen-bond acceptors (Lipinski definition) is 8. The molecule has 0 spiro atoms. The highest BCUT2D eigenvalue weighted by atomic mass is 31.1. The zero-order valence-corrected chi connectivity index (χ0v) is 24.1. The predicted molar refractivity (Wildman–Crippen MR) is 150 cm³/mol. The molecule has 2 aliphatic rings. The Hall–Kier alpha value is -3.84. The Morgan fingerprint density at radius 2 is 1.84 bits per heavy atom. The van der Waals surface area contributed by atoms with Gasteiger partial charge in [-0.1, -0.05) is 30.3 Å². The number of nitrogens with one attached hydrogen (secondary N) is 1. The minimum Gasteiger partial charge on any atom is -0.487 e. The van der Waals surface area contributed by atoms with Gasteiger partial charge in [-0.05, 0) is 11.6 Å². The Balaban J connectivity index is 1.08. The number of alkyl halides is 6. The van der Waals surface area contributed by atoms with Crippen LogP contribution in [0.3, 0.4) is 0 Å². The van der Waals surface area contributed by atoms with Crippen molar-refractivity contribution in [3.05, 3.63) is 75.4 Å². The van der Waals surface area contributed by atoms with Crippen LogP contribution < -0.4 is 20.1 Å². The van der Waals surface area contributed by atoms with Crippen molar-refractivity contribution < 1.29 is 40.6 Å². The molecule has 0 aliphatic carbocycles. The molecule has 1 saturated heterocycles. The molecule has 0 radical (unpaired) electrons. The summed E-state index contributed by atoms with van der Waals surface area (Å²) in [7, 11) is -1.92. The van der Waals surface area contributed by atoms with E-state index in [4.69, 9.17) is 9.47 Å². The number of carbonyl (C=O) groups is 1. The average Bonchev–Trinajstić information content (AvgIpc) is 2.98. The number of aromatic nitrogens is 2. The van der Waals surface area contributed by atoms with E-state index in [1.165, 1.54) is 0 Å². The molecule has 0 saturated carbocycles. The van der Waals surface area contributed by atoms with Crippen molar-refractivity contribution in [2.75, 3.05) is 56.2 Å². The topological polar surface area (TPSA) is 96.9 Å². The first kappa shape index (κ1) is 31.6. The molecule has 2 aliphatic heterocycles. The highest BCUT2D eigenvalue weighted by molar-refractivity contribution is 7.43. The minimum atomic E-state index is -4.85. The first-order valence-electron chi connectivity index (χ1n) is 13.7. The number of fused-ring (bicyclic) bond motifs is 3. The van der Waals surface area contributed by atoms with Gasteiger partial charge in [0.15, 0.2) is 11.6 Å². The molecule has 1 amide bonds. The first-order valence-corrected chi connectivity index (χ1v) is 15.2. The van der Waals surface area contributed by atoms with Crippen molar-refractivity contribution in [1.29, 1.82) is 0 Å². The third-order valence-electron chi connectivity index (χ3n) is 7.22. The maximum Gasteiger partial charge on any atom is 0.422 e. The zero-order valence-electron chi connectivity index (χ0n) is 23.2. The van der Waals surface area contributed by atoms with Gasteiger partial charge in [0.05, 0.1) is 43.1 Å². The van der Waals surface area contributed by atoms with Crippen LogP contribution in [0.15, 0.2) is 53.6 Å². The van der Waals surface area contributed by atoms with E-state index in [1.54, 1.807) is 35.2 Å². The van der Waals surface area contributed by atoms with Crippen molar-refractivity contribution in [1.82, 2.24) is 14.6 Å². The molecule has 44 heavy (non-hydrogen) atoms. The number of hydrogen-bond donors (Lipinski definition) is 1. The van der Waals surface area contributed by atoms with Crippen LogP contribution in [0.25, 0.3) is 0 Å². The van der Waals surface area contributed by atoms with Crippen LogP contribution in [-0.2, 0) is 28.0 Å². The van der Waals surface area contributed by atoms with Crippen molar-refractivity contribution in [3.63, 3.8) is 0 Å². The lowest BCUT2D eigenvalue weighted by Gasteiger charge is -2.44. The molecule has 0 bridgehead atoms. The summed E-state index contributed by atoms with van der Waals surface area (Å²) in [6.45, 7) is 1.03. The van der Waals surface area contributed by atoms with Gasteiger partial charge >= 0.3 is 12.4 Å². The van der Waals surface area contributed by atoms with Crippen LogP contribution in [0.4, 0.5) is 37.8 Å². The fourth-order valence-corrected chi connectivity index (χ4v) is 6.69. The largest absolute Gasteiger partial charge is 0.487 e. The summed E-state index contributed by atoms with van der Waals surface area (Å²) in [5.74, 6) is 0.147. The Morgan fingerprint density at radius 3 is 2.57 bits per heavy atom. The third kappa shape index (κ3) is 7.27. The van der Waals surface area contributed by atoms with Gasteiger partial charge < -0.3 is 24.6 Å². The van der Waals surface area contributed by atoms with Gasteiger partial charge in [0.25, 0.3) is 0 Å². The lowest BCUT2D eigenvalue weighted by atomic mass is 10.1. The quantitative estimate of drug-likeness (QED) is 0.262. The van der Waals surface area contributed by atoms with Gasteiger partial charge in [0.2, 0.25) is 11.1 Å². The molecule has 1 N–H and O–H groups in total. The van der Waals surface area contributed by atoms with E-state index in [0.717, 1.165) is 24.0 Å². The van der Waals surface area contributed by atoms with Gasteiger partial charge in [-0.3, -0.25) is 9.59 Å². The maximum atomic E-state index is 13.8. The standard InChI is InChI=1S/C28H28F6N5O4P/c29-27(30,31)19-12-22-25(36-13-19)39-9-8-38(15-20(39)16-43-22)23(40)6-10-42-11-7-35-21-14-37-44(17-18-4-2-1-3-5-18)26(41)24(21)28(32,33)34/h1-5,12-14,20,35H,6-11,15-17H2. The normalized spacial score (nSPS) is 17.0. The number of pyridine rings is 1. The number of piperazine rings is 1. The summed E-state index contributed by atoms with van der Waals surface area (Å²) in [4.78, 5) is 32.9. The fourth-order valence-electron chi connectivity index (χ4n) is 5.05. The van der Waals surface area contributed by atoms with Crippen LogP contribution in [0.2, 0.25) is 0 Å². The Morgan fingerprint density at radius 1 is 1.07 bits per heavy atom. The molecule has 4 heterocycles. The second kappa shape index (κ2) is 13.0. The Kier molecular flexibility index (Phi) is 9.35. The maximum absolute atomic E-state index is 13.8. The molecular weight excluding hydrogens is 615 g/mol. The Labute approximate surface area is 248 Å². The molecule has 2 unspecified atom stereocenters. The SMILES string of the molecule is O=C(CCOCCNc1cnp(Cc2ccccc2)c(=O)c1C(F)(F)F)N1CCN2c3ncc(C(F)(F)F)cc3OCC2C1. The summed E-state index contributed by atoms with van der Waals surface area (Å²) in [6.07, 6.45) is -7.43. The number of rotatable bonds is 9. The number of carbonyl (C=O) groups excluding carboxylic acids is 1. The van der Waals surface area contributed by atoms with Crippen LogP contribution in [0.5, 0.6) is 5.75 Å². The van der Waals surface area contributed by atoms with E-state index in [0.29, 0.717) is 18.9 Å². The number of benzene rings is 1. The van der Waals surface area contributed by atoms with Crippen molar-refractivity contribution in [2.24, 2.45) is 0 Å². The monoisotopic (exact) mass is 643 g/mol. The molecule has 2 aromatic heterocycles. The summed E-state index contributed by atoms with van der Waals surface area (Å²) >= 11 is 0. The molecule has 2 atom stereocenters. The molecular formula is C28H28F6N5O4P. The predicted octanol–water partition coefficient (Wildman–Crippen LogP) is 4.84. The van der Waals surface area contributed by atoms with Crippen LogP contribution in [0.1, 0.15) is 23.1 Å². The number of amides is 1. The second-order valence-electron chi connectivity index (χ2n) is 10.2. The van der Waals surface area contributed by atoms with E-state index in [-0.39, 0.29) is 63.2 Å². The van der Waals surface area contributed by atoms with Crippen LogP contribution in [0, 0.1) is 0 Å². The average molecular weight is 644 g/mol. The zero-order chi connectivity index (χ0) is 31.5. The number of nitrogens with zero attached hydrogens (tertiary/aromatic N) is 4. The van der Waals surface area contributed by atoms with Crippen LogP contribution >= 0.6 is 7.69 Å². The molecule has 5 rings (SSSR count). The molecule has 236 valence electrons. The summed E-state index contributed by atoms with van der Waals surface area (Å²) in [5, 5.41) is 1.55. The number of ether oxygens (including phenoxy) is 2. The first-order chi connectivity index (χ1) is 20.9. The number of halogens is 6. The van der Waals surface area contributed by atoms with E-state index in [9.17, 15) is 35.9 Å². The highest BCUT2D eigenvalue weighted by Gasteiger charge is 2.39. The highest BCUT2D eigenvalue weighted by Crippen LogP contribution is 2.39. The summed E-state index contributed by atoms with van der Waals surface area (Å²) in [5.41, 5.74) is -1.84. The third-order valence-corrected chi connectivity index (χ3v) is 8.97. The lowest BCUT2D eigenvalue weighted by molar-refractivity contribution is -0.138. The van der Waals surface area contributed by atoms with Crippen molar-refractivity contribution in [3.8, 4) is 5.75 Å². The van der Waals surface area contributed by atoms with E-state index < -0.39 is 42.0 Å². The number of anilines is 2. The van der Waals surface area contributed by atoms with Gasteiger partial charge in [0.1, 0.15) is 12.2 Å². The van der Waals surface area contributed by atoms with E-state index in [2.05, 4.69) is 15.0 Å². The van der Waals surface area contributed by atoms with Gasteiger partial charge in [0, 0.05) is 46.2 Å². The molecule has 1 aromatic carbocycles. The molecule has 9 nitrogen and oxygen atoms in total. The molecule has 3 aromatic rings. The molecule has 16 heteroatoms. The van der Waals surface area contributed by atoms with Crippen molar-refractivity contribution in [2.45, 2.75) is 31.0 Å². The van der Waals surface area contributed by atoms with Gasteiger partial charge in [-0.25, -0.2) is 9.73 Å². The Bertz CT molecular complexity index is 1540.